The number of likely N-dealkylation sites (tertiary alicyclic amines) is 1. The molecule has 1 aromatic rings. The Morgan fingerprint density at radius 3 is 2.87 bits per heavy atom. The van der Waals surface area contributed by atoms with E-state index in [4.69, 9.17) is 5.73 Å². The number of hydrogen-bond donors (Lipinski definition) is 2. The summed E-state index contributed by atoms with van der Waals surface area (Å²) in [7, 11) is 0. The number of rotatable bonds is 3. The fraction of sp³-hybridized carbons (Fsp3) is 0.529. The van der Waals surface area contributed by atoms with Gasteiger partial charge in [-0.05, 0) is 43.9 Å². The van der Waals surface area contributed by atoms with Crippen molar-refractivity contribution in [3.05, 3.63) is 35.4 Å². The van der Waals surface area contributed by atoms with Crippen molar-refractivity contribution in [2.75, 3.05) is 18.9 Å². The Hall–Kier alpha value is -1.53. The zero-order valence-corrected chi connectivity index (χ0v) is 14.2. The van der Waals surface area contributed by atoms with E-state index in [0.717, 1.165) is 37.1 Å². The van der Waals surface area contributed by atoms with Crippen LogP contribution < -0.4 is 5.73 Å². The van der Waals surface area contributed by atoms with Crippen LogP contribution in [-0.4, -0.2) is 46.0 Å². The van der Waals surface area contributed by atoms with Crippen LogP contribution in [-0.2, 0) is 5.54 Å². The van der Waals surface area contributed by atoms with E-state index in [1.54, 1.807) is 16.7 Å². The maximum atomic E-state index is 12.6. The maximum Gasteiger partial charge on any atom is 0.254 e. The van der Waals surface area contributed by atoms with E-state index in [1.807, 2.05) is 24.3 Å². The minimum absolute atomic E-state index is 0.000433. The fourth-order valence-electron chi connectivity index (χ4n) is 3.33. The van der Waals surface area contributed by atoms with Crippen molar-refractivity contribution >= 4 is 22.8 Å². The molecular weight excluding hydrogens is 310 g/mol. The van der Waals surface area contributed by atoms with Crippen LogP contribution in [0.2, 0.25) is 0 Å². The molecule has 0 aromatic heterocycles. The number of benzene rings is 1. The van der Waals surface area contributed by atoms with Crippen molar-refractivity contribution in [3.63, 3.8) is 0 Å². The summed E-state index contributed by atoms with van der Waals surface area (Å²) in [5, 5.41) is 10.0. The lowest BCUT2D eigenvalue weighted by molar-refractivity contribution is 0.0677. The van der Waals surface area contributed by atoms with Gasteiger partial charge in [0.1, 0.15) is 0 Å². The minimum atomic E-state index is -0.307. The van der Waals surface area contributed by atoms with Gasteiger partial charge in [0.25, 0.3) is 5.91 Å². The Morgan fingerprint density at radius 2 is 2.22 bits per heavy atom. The van der Waals surface area contributed by atoms with Crippen molar-refractivity contribution in [3.8, 4) is 0 Å². The van der Waals surface area contributed by atoms with Crippen LogP contribution in [0.15, 0.2) is 29.3 Å². The lowest BCUT2D eigenvalue weighted by Gasteiger charge is -2.30. The first-order valence-corrected chi connectivity index (χ1v) is 9.02. The molecule has 0 aliphatic carbocycles. The van der Waals surface area contributed by atoms with Gasteiger partial charge in [-0.2, -0.15) is 0 Å². The highest BCUT2D eigenvalue weighted by molar-refractivity contribution is 8.13. The molecule has 23 heavy (non-hydrogen) atoms. The third kappa shape index (κ3) is 3.23. The van der Waals surface area contributed by atoms with Crippen LogP contribution in [0.5, 0.6) is 0 Å². The summed E-state index contributed by atoms with van der Waals surface area (Å²) in [6, 6.07) is 7.64. The lowest BCUT2D eigenvalue weighted by Crippen LogP contribution is -2.37. The number of nitrogens with two attached hydrogens (primary N) is 1. The molecule has 0 radical (unpaired) electrons. The van der Waals surface area contributed by atoms with Gasteiger partial charge in [-0.3, -0.25) is 9.79 Å². The van der Waals surface area contributed by atoms with Crippen LogP contribution in [0.4, 0.5) is 0 Å². The van der Waals surface area contributed by atoms with Gasteiger partial charge in [0.15, 0.2) is 5.17 Å². The molecule has 0 saturated carbocycles. The third-order valence-electron chi connectivity index (χ3n) is 4.80. The molecule has 5 nitrogen and oxygen atoms in total. The quantitative estimate of drug-likeness (QED) is 0.886. The summed E-state index contributed by atoms with van der Waals surface area (Å²) in [4.78, 5) is 19.0. The van der Waals surface area contributed by atoms with E-state index < -0.39 is 0 Å². The van der Waals surface area contributed by atoms with Gasteiger partial charge in [0, 0.05) is 17.9 Å². The number of aliphatic hydroxyl groups is 1. The predicted molar refractivity (Wildman–Crippen MR) is 93.6 cm³/mol. The average molecular weight is 333 g/mol. The van der Waals surface area contributed by atoms with Crippen molar-refractivity contribution in [1.82, 2.24) is 4.90 Å². The molecule has 2 aliphatic heterocycles. The number of carbonyl (C=O) groups excluding carboxylic acids is 1. The molecule has 3 rings (SSSR count). The van der Waals surface area contributed by atoms with E-state index in [-0.39, 0.29) is 24.1 Å². The second kappa shape index (κ2) is 6.53. The first-order valence-electron chi connectivity index (χ1n) is 8.04. The first-order chi connectivity index (χ1) is 11.0. The fourth-order valence-corrected chi connectivity index (χ4v) is 4.30. The van der Waals surface area contributed by atoms with Gasteiger partial charge in [0.05, 0.1) is 18.2 Å². The molecule has 1 fully saturated rings. The highest BCUT2D eigenvalue weighted by Crippen LogP contribution is 2.35. The van der Waals surface area contributed by atoms with Crippen molar-refractivity contribution in [2.24, 2.45) is 10.7 Å². The van der Waals surface area contributed by atoms with Crippen LogP contribution in [0.1, 0.15) is 42.1 Å². The SMILES string of the molecule is CC1(c2ccc(C(=O)N3CCCC3CO)cc2)CCSC(N)=N1. The second-order valence-corrected chi connectivity index (χ2v) is 7.49. The molecule has 6 heteroatoms. The summed E-state index contributed by atoms with van der Waals surface area (Å²) in [5.41, 5.74) is 7.31. The second-order valence-electron chi connectivity index (χ2n) is 6.38. The molecule has 2 unspecified atom stereocenters. The van der Waals surface area contributed by atoms with Gasteiger partial charge in [-0.1, -0.05) is 23.9 Å². The molecule has 0 bridgehead atoms. The van der Waals surface area contributed by atoms with Crippen LogP contribution in [0, 0.1) is 0 Å². The Bertz CT molecular complexity index is 617. The van der Waals surface area contributed by atoms with Gasteiger partial charge in [-0.25, -0.2) is 0 Å². The van der Waals surface area contributed by atoms with Crippen LogP contribution in [0.3, 0.4) is 0 Å². The smallest absolute Gasteiger partial charge is 0.254 e. The molecule has 0 spiro atoms. The summed E-state index contributed by atoms with van der Waals surface area (Å²) in [6.07, 6.45) is 2.77. The molecular formula is C17H23N3O2S. The molecule has 2 aliphatic rings. The topological polar surface area (TPSA) is 78.9 Å². The average Bonchev–Trinajstić information content (AvgIpc) is 3.02. The zero-order valence-electron chi connectivity index (χ0n) is 13.4. The van der Waals surface area contributed by atoms with Gasteiger partial charge < -0.3 is 15.7 Å². The van der Waals surface area contributed by atoms with Gasteiger partial charge in [0.2, 0.25) is 0 Å². The zero-order chi connectivity index (χ0) is 16.4. The third-order valence-corrected chi connectivity index (χ3v) is 5.59. The summed E-state index contributed by atoms with van der Waals surface area (Å²) in [6.45, 7) is 2.84. The Morgan fingerprint density at radius 1 is 1.48 bits per heavy atom. The Balaban J connectivity index is 1.79. The highest BCUT2D eigenvalue weighted by atomic mass is 32.2. The van der Waals surface area contributed by atoms with Crippen LogP contribution >= 0.6 is 11.8 Å². The van der Waals surface area contributed by atoms with E-state index in [2.05, 4.69) is 11.9 Å². The molecule has 1 aromatic carbocycles. The number of amides is 1. The van der Waals surface area contributed by atoms with Crippen LogP contribution in [0.25, 0.3) is 0 Å². The number of nitrogens with zero attached hydrogens (tertiary/aromatic N) is 2. The molecule has 124 valence electrons. The standard InChI is InChI=1S/C17H23N3O2S/c1-17(8-10-23-16(18)19-17)13-6-4-12(5-7-13)15(22)20-9-2-3-14(20)11-21/h4-7,14,21H,2-3,8-11H2,1H3,(H2,18,19). The number of hydrogen-bond acceptors (Lipinski definition) is 5. The molecule has 1 saturated heterocycles. The highest BCUT2D eigenvalue weighted by Gasteiger charge is 2.31. The number of thioether (sulfide) groups is 1. The normalized spacial score (nSPS) is 27.8. The van der Waals surface area contributed by atoms with Crippen molar-refractivity contribution < 1.29 is 9.90 Å². The Labute approximate surface area is 141 Å². The van der Waals surface area contributed by atoms with Crippen molar-refractivity contribution in [2.45, 2.75) is 37.8 Å². The van der Waals surface area contributed by atoms with E-state index in [9.17, 15) is 9.90 Å². The largest absolute Gasteiger partial charge is 0.394 e. The van der Waals surface area contributed by atoms with Crippen molar-refractivity contribution in [1.29, 1.82) is 0 Å². The number of carbonyl (C=O) groups is 1. The molecule has 3 N–H and O–H groups in total. The minimum Gasteiger partial charge on any atom is -0.394 e. The van der Waals surface area contributed by atoms with E-state index >= 15 is 0 Å². The maximum absolute atomic E-state index is 12.6. The summed E-state index contributed by atoms with van der Waals surface area (Å²) in [5.74, 6) is 0.957. The monoisotopic (exact) mass is 333 g/mol. The van der Waals surface area contributed by atoms with E-state index in [0.29, 0.717) is 10.7 Å². The Kier molecular flexibility index (Phi) is 4.64. The summed E-state index contributed by atoms with van der Waals surface area (Å²) < 4.78 is 0. The predicted octanol–water partition coefficient (Wildman–Crippen LogP) is 1.95. The lowest BCUT2D eigenvalue weighted by atomic mass is 9.89. The summed E-state index contributed by atoms with van der Waals surface area (Å²) >= 11 is 1.59. The molecule has 1 amide bonds. The molecule has 2 heterocycles. The number of amidine groups is 1. The van der Waals surface area contributed by atoms with Gasteiger partial charge >= 0.3 is 0 Å². The van der Waals surface area contributed by atoms with E-state index in [1.165, 1.54) is 0 Å². The number of aliphatic imine (C=N–C) groups is 1. The number of aliphatic hydroxyl groups excluding tert-OH is 1. The first kappa shape index (κ1) is 16.3. The van der Waals surface area contributed by atoms with Gasteiger partial charge in [-0.15, -0.1) is 0 Å². The molecule has 2 atom stereocenters.